The number of ether oxygens (including phenoxy) is 1. The molecule has 0 atom stereocenters. The predicted molar refractivity (Wildman–Crippen MR) is 75.8 cm³/mol. The van der Waals surface area contributed by atoms with Gasteiger partial charge in [0.2, 0.25) is 5.75 Å². The molecule has 0 fully saturated rings. The van der Waals surface area contributed by atoms with Gasteiger partial charge in [0.1, 0.15) is 6.61 Å². The zero-order valence-electron chi connectivity index (χ0n) is 10.7. The zero-order chi connectivity index (χ0) is 15.4. The van der Waals surface area contributed by atoms with Crippen molar-refractivity contribution < 1.29 is 19.6 Å². The van der Waals surface area contributed by atoms with Gasteiger partial charge >= 0.3 is 11.7 Å². The predicted octanol–water partition coefficient (Wildman–Crippen LogP) is 3.53. The topological polar surface area (TPSA) is 89.7 Å². The van der Waals surface area contributed by atoms with Crippen molar-refractivity contribution in [3.63, 3.8) is 0 Å². The quantitative estimate of drug-likeness (QED) is 0.674. The Hall–Kier alpha value is -2.60. The highest BCUT2D eigenvalue weighted by Crippen LogP contribution is 2.35. The van der Waals surface area contributed by atoms with Gasteiger partial charge in [-0.2, -0.15) is 0 Å². The number of carboxylic acid groups (broad SMARTS) is 1. The summed E-state index contributed by atoms with van der Waals surface area (Å²) in [6.07, 6.45) is 0. The van der Waals surface area contributed by atoms with Crippen LogP contribution >= 0.6 is 11.6 Å². The molecule has 0 heterocycles. The summed E-state index contributed by atoms with van der Waals surface area (Å²) < 4.78 is 5.37. The number of para-hydroxylation sites is 1. The van der Waals surface area contributed by atoms with E-state index in [0.717, 1.165) is 0 Å². The fourth-order valence-electron chi connectivity index (χ4n) is 1.79. The first-order valence-electron chi connectivity index (χ1n) is 5.87. The molecule has 0 aliphatic heterocycles. The number of carboxylic acids is 1. The fraction of sp³-hybridized carbons (Fsp3) is 0.0714. The summed E-state index contributed by atoms with van der Waals surface area (Å²) in [6.45, 7) is -0.132. The Morgan fingerprint density at radius 3 is 2.62 bits per heavy atom. The fourth-order valence-corrected chi connectivity index (χ4v) is 2.01. The normalized spacial score (nSPS) is 10.1. The summed E-state index contributed by atoms with van der Waals surface area (Å²) in [5.74, 6) is -1.17. The average molecular weight is 308 g/mol. The van der Waals surface area contributed by atoms with Crippen LogP contribution in [-0.4, -0.2) is 16.0 Å². The largest absolute Gasteiger partial charge is 0.481 e. The molecule has 0 saturated carbocycles. The van der Waals surface area contributed by atoms with Crippen molar-refractivity contribution in [1.29, 1.82) is 0 Å². The van der Waals surface area contributed by atoms with Crippen molar-refractivity contribution in [3.8, 4) is 5.75 Å². The van der Waals surface area contributed by atoms with E-state index in [9.17, 15) is 14.9 Å². The van der Waals surface area contributed by atoms with Crippen LogP contribution < -0.4 is 4.74 Å². The van der Waals surface area contributed by atoms with E-state index in [0.29, 0.717) is 5.56 Å². The van der Waals surface area contributed by atoms with Crippen LogP contribution in [0.15, 0.2) is 42.5 Å². The van der Waals surface area contributed by atoms with Gasteiger partial charge in [-0.1, -0.05) is 35.9 Å². The van der Waals surface area contributed by atoms with Gasteiger partial charge in [0, 0.05) is 11.6 Å². The van der Waals surface area contributed by atoms with Crippen LogP contribution in [0.3, 0.4) is 0 Å². The summed E-state index contributed by atoms with van der Waals surface area (Å²) in [4.78, 5) is 21.4. The number of nitrogens with zero attached hydrogens (tertiary/aromatic N) is 1. The van der Waals surface area contributed by atoms with Gasteiger partial charge in [-0.15, -0.1) is 0 Å². The molecule has 0 aliphatic rings. The molecule has 0 saturated heterocycles. The summed E-state index contributed by atoms with van der Waals surface area (Å²) in [7, 11) is 0. The SMILES string of the molecule is O=C(O)c1ccccc1COc1c(Cl)cccc1[N+](=O)[O-]. The van der Waals surface area contributed by atoms with Crippen molar-refractivity contribution in [3.05, 3.63) is 68.7 Å². The lowest BCUT2D eigenvalue weighted by Gasteiger charge is -2.10. The van der Waals surface area contributed by atoms with Crippen LogP contribution in [0.2, 0.25) is 5.02 Å². The Morgan fingerprint density at radius 1 is 1.24 bits per heavy atom. The maximum Gasteiger partial charge on any atom is 0.336 e. The second-order valence-corrected chi connectivity index (χ2v) is 4.50. The number of hydrogen-bond acceptors (Lipinski definition) is 4. The zero-order valence-corrected chi connectivity index (χ0v) is 11.4. The van der Waals surface area contributed by atoms with Gasteiger partial charge < -0.3 is 9.84 Å². The highest BCUT2D eigenvalue weighted by atomic mass is 35.5. The van der Waals surface area contributed by atoms with E-state index >= 15 is 0 Å². The molecule has 2 aromatic rings. The Morgan fingerprint density at radius 2 is 1.95 bits per heavy atom. The molecular formula is C14H10ClNO5. The number of nitro benzene ring substituents is 1. The smallest absolute Gasteiger partial charge is 0.336 e. The number of halogens is 1. The molecule has 0 aromatic heterocycles. The van der Waals surface area contributed by atoms with Crippen LogP contribution in [0.5, 0.6) is 5.75 Å². The number of benzene rings is 2. The van der Waals surface area contributed by atoms with E-state index in [-0.39, 0.29) is 28.6 Å². The first-order valence-corrected chi connectivity index (χ1v) is 6.25. The summed E-state index contributed by atoms with van der Waals surface area (Å²) >= 11 is 5.90. The molecule has 6 nitrogen and oxygen atoms in total. The Bertz CT molecular complexity index is 702. The molecule has 0 aliphatic carbocycles. The number of nitro groups is 1. The lowest BCUT2D eigenvalue weighted by atomic mass is 10.1. The molecule has 0 amide bonds. The van der Waals surface area contributed by atoms with E-state index in [1.807, 2.05) is 0 Å². The van der Waals surface area contributed by atoms with Crippen LogP contribution in [0.1, 0.15) is 15.9 Å². The van der Waals surface area contributed by atoms with Crippen LogP contribution in [0, 0.1) is 10.1 Å². The minimum atomic E-state index is -1.09. The van der Waals surface area contributed by atoms with Gasteiger partial charge in [0.15, 0.2) is 0 Å². The van der Waals surface area contributed by atoms with Crippen molar-refractivity contribution in [2.45, 2.75) is 6.61 Å². The van der Waals surface area contributed by atoms with E-state index in [1.165, 1.54) is 24.3 Å². The van der Waals surface area contributed by atoms with E-state index in [1.54, 1.807) is 18.2 Å². The van der Waals surface area contributed by atoms with Crippen molar-refractivity contribution in [2.75, 3.05) is 0 Å². The molecular weight excluding hydrogens is 298 g/mol. The molecule has 7 heteroatoms. The number of rotatable bonds is 5. The molecule has 0 bridgehead atoms. The molecule has 0 spiro atoms. The van der Waals surface area contributed by atoms with Gasteiger partial charge in [0.25, 0.3) is 0 Å². The number of aromatic carboxylic acids is 1. The minimum Gasteiger partial charge on any atom is -0.481 e. The van der Waals surface area contributed by atoms with E-state index in [2.05, 4.69) is 0 Å². The first kappa shape index (κ1) is 14.8. The van der Waals surface area contributed by atoms with Crippen LogP contribution in [-0.2, 0) is 6.61 Å². The van der Waals surface area contributed by atoms with Crippen molar-refractivity contribution in [2.24, 2.45) is 0 Å². The molecule has 1 N–H and O–H groups in total. The number of carbonyl (C=O) groups is 1. The van der Waals surface area contributed by atoms with Gasteiger partial charge in [-0.3, -0.25) is 10.1 Å². The molecule has 0 unspecified atom stereocenters. The van der Waals surface area contributed by atoms with Gasteiger partial charge in [0.05, 0.1) is 15.5 Å². The maximum atomic E-state index is 11.1. The summed E-state index contributed by atoms with van der Waals surface area (Å²) in [6, 6.07) is 10.4. The third-order valence-electron chi connectivity index (χ3n) is 2.76. The Balaban J connectivity index is 2.29. The standard InChI is InChI=1S/C14H10ClNO5/c15-11-6-3-7-12(16(19)20)13(11)21-8-9-4-1-2-5-10(9)14(17)18/h1-7H,8H2,(H,17,18). The lowest BCUT2D eigenvalue weighted by Crippen LogP contribution is -2.06. The first-order chi connectivity index (χ1) is 10.0. The second kappa shape index (κ2) is 6.23. The summed E-state index contributed by atoms with van der Waals surface area (Å²) in [5.41, 5.74) is 0.210. The van der Waals surface area contributed by atoms with Crippen LogP contribution in [0.25, 0.3) is 0 Å². The average Bonchev–Trinajstić information content (AvgIpc) is 2.45. The van der Waals surface area contributed by atoms with E-state index < -0.39 is 10.9 Å². The van der Waals surface area contributed by atoms with Gasteiger partial charge in [-0.05, 0) is 12.1 Å². The Labute approximate surface area is 124 Å². The third kappa shape index (κ3) is 3.29. The summed E-state index contributed by atoms with van der Waals surface area (Å²) in [5, 5.41) is 20.1. The Kier molecular flexibility index (Phi) is 4.39. The molecule has 21 heavy (non-hydrogen) atoms. The maximum absolute atomic E-state index is 11.1. The minimum absolute atomic E-state index is 0.0761. The monoisotopic (exact) mass is 307 g/mol. The lowest BCUT2D eigenvalue weighted by molar-refractivity contribution is -0.385. The van der Waals surface area contributed by atoms with Gasteiger partial charge in [-0.25, -0.2) is 4.79 Å². The highest BCUT2D eigenvalue weighted by molar-refractivity contribution is 6.32. The molecule has 2 rings (SSSR count). The van der Waals surface area contributed by atoms with Crippen molar-refractivity contribution >= 4 is 23.3 Å². The van der Waals surface area contributed by atoms with E-state index in [4.69, 9.17) is 21.4 Å². The third-order valence-corrected chi connectivity index (χ3v) is 3.06. The number of hydrogen-bond donors (Lipinski definition) is 1. The van der Waals surface area contributed by atoms with Crippen LogP contribution in [0.4, 0.5) is 5.69 Å². The molecule has 0 radical (unpaired) electrons. The van der Waals surface area contributed by atoms with Crippen molar-refractivity contribution in [1.82, 2.24) is 0 Å². The second-order valence-electron chi connectivity index (χ2n) is 4.10. The molecule has 108 valence electrons. The highest BCUT2D eigenvalue weighted by Gasteiger charge is 2.19. The molecule has 2 aromatic carbocycles.